The Morgan fingerprint density at radius 1 is 1.28 bits per heavy atom. The Kier molecular flexibility index (Phi) is 4.90. The summed E-state index contributed by atoms with van der Waals surface area (Å²) >= 11 is 6.03. The minimum absolute atomic E-state index is 0.158. The SMILES string of the molecule is Cc1c(Cl)cccc1NC(=O)N[C@@H]1CC(=O)N(c2cccc(F)c2)C1. The van der Waals surface area contributed by atoms with Gasteiger partial charge in [0.25, 0.3) is 0 Å². The number of carbonyl (C=O) groups excluding carboxylic acids is 2. The fraction of sp³-hybridized carbons (Fsp3) is 0.222. The summed E-state index contributed by atoms with van der Waals surface area (Å²) in [6, 6.07) is 10.3. The van der Waals surface area contributed by atoms with Crippen molar-refractivity contribution < 1.29 is 14.0 Å². The zero-order valence-corrected chi connectivity index (χ0v) is 14.3. The number of anilines is 2. The number of halogens is 2. The van der Waals surface area contributed by atoms with Crippen molar-refractivity contribution in [3.8, 4) is 0 Å². The van der Waals surface area contributed by atoms with Gasteiger partial charge in [-0.15, -0.1) is 0 Å². The average molecular weight is 362 g/mol. The third-order valence-electron chi connectivity index (χ3n) is 4.10. The third-order valence-corrected chi connectivity index (χ3v) is 4.51. The number of carbonyl (C=O) groups is 2. The van der Waals surface area contributed by atoms with Gasteiger partial charge in [0, 0.05) is 29.4 Å². The molecule has 1 aliphatic heterocycles. The number of rotatable bonds is 3. The Morgan fingerprint density at radius 3 is 2.80 bits per heavy atom. The van der Waals surface area contributed by atoms with E-state index in [2.05, 4.69) is 10.6 Å². The third kappa shape index (κ3) is 3.91. The van der Waals surface area contributed by atoms with Crippen molar-refractivity contribution in [1.82, 2.24) is 5.32 Å². The first-order chi connectivity index (χ1) is 11.9. The molecule has 0 aliphatic carbocycles. The van der Waals surface area contributed by atoms with Gasteiger partial charge in [0.2, 0.25) is 5.91 Å². The summed E-state index contributed by atoms with van der Waals surface area (Å²) in [7, 11) is 0. The largest absolute Gasteiger partial charge is 0.333 e. The van der Waals surface area contributed by atoms with Crippen molar-refractivity contribution in [2.24, 2.45) is 0 Å². The highest BCUT2D eigenvalue weighted by Gasteiger charge is 2.31. The summed E-state index contributed by atoms with van der Waals surface area (Å²) in [5.74, 6) is -0.564. The first-order valence-electron chi connectivity index (χ1n) is 7.82. The molecule has 1 heterocycles. The van der Waals surface area contributed by atoms with E-state index in [9.17, 15) is 14.0 Å². The van der Waals surface area contributed by atoms with Gasteiger partial charge >= 0.3 is 6.03 Å². The molecule has 2 aromatic carbocycles. The summed E-state index contributed by atoms with van der Waals surface area (Å²) in [5, 5.41) is 6.06. The molecule has 0 spiro atoms. The Bertz CT molecular complexity index is 828. The quantitative estimate of drug-likeness (QED) is 0.875. The lowest BCUT2D eigenvalue weighted by Crippen LogP contribution is -2.39. The molecule has 2 aromatic rings. The molecule has 3 amide bonds. The number of benzene rings is 2. The molecule has 7 heteroatoms. The summed E-state index contributed by atoms with van der Waals surface area (Å²) in [4.78, 5) is 25.8. The molecule has 0 saturated carbocycles. The highest BCUT2D eigenvalue weighted by atomic mass is 35.5. The van der Waals surface area contributed by atoms with Crippen LogP contribution in [0.1, 0.15) is 12.0 Å². The van der Waals surface area contributed by atoms with E-state index >= 15 is 0 Å². The van der Waals surface area contributed by atoms with Gasteiger partial charge in [-0.05, 0) is 42.8 Å². The van der Waals surface area contributed by atoms with E-state index in [1.165, 1.54) is 17.0 Å². The lowest BCUT2D eigenvalue weighted by molar-refractivity contribution is -0.117. The number of hydrogen-bond acceptors (Lipinski definition) is 2. The normalized spacial score (nSPS) is 16.8. The van der Waals surface area contributed by atoms with E-state index in [1.54, 1.807) is 30.3 Å². The van der Waals surface area contributed by atoms with Crippen molar-refractivity contribution in [1.29, 1.82) is 0 Å². The van der Waals surface area contributed by atoms with Gasteiger partial charge in [-0.25, -0.2) is 9.18 Å². The van der Waals surface area contributed by atoms with E-state index in [0.29, 0.717) is 22.9 Å². The smallest absolute Gasteiger partial charge is 0.319 e. The standard InChI is InChI=1S/C18H17ClFN3O2/c1-11-15(19)6-3-7-16(11)22-18(25)21-13-9-17(24)23(10-13)14-5-2-4-12(20)8-14/h2-8,13H,9-10H2,1H3,(H2,21,22,25)/t13-/m1/s1. The highest BCUT2D eigenvalue weighted by molar-refractivity contribution is 6.31. The topological polar surface area (TPSA) is 61.4 Å². The Balaban J connectivity index is 1.63. The molecule has 2 N–H and O–H groups in total. The van der Waals surface area contributed by atoms with E-state index < -0.39 is 11.8 Å². The summed E-state index contributed by atoms with van der Waals surface area (Å²) in [6.45, 7) is 2.10. The molecule has 0 unspecified atom stereocenters. The van der Waals surface area contributed by atoms with Gasteiger partial charge in [-0.2, -0.15) is 0 Å². The fourth-order valence-electron chi connectivity index (χ4n) is 2.78. The van der Waals surface area contributed by atoms with Crippen molar-refractivity contribution >= 4 is 34.9 Å². The van der Waals surface area contributed by atoms with Crippen LogP contribution in [0, 0.1) is 12.7 Å². The van der Waals surface area contributed by atoms with Crippen LogP contribution < -0.4 is 15.5 Å². The Morgan fingerprint density at radius 2 is 2.04 bits per heavy atom. The average Bonchev–Trinajstić information content (AvgIpc) is 2.92. The zero-order valence-electron chi connectivity index (χ0n) is 13.6. The van der Waals surface area contributed by atoms with Crippen LogP contribution in [-0.4, -0.2) is 24.5 Å². The maximum absolute atomic E-state index is 13.3. The Hall–Kier alpha value is -2.60. The van der Waals surface area contributed by atoms with Crippen LogP contribution in [0.15, 0.2) is 42.5 Å². The first kappa shape index (κ1) is 17.2. The molecule has 1 aliphatic rings. The monoisotopic (exact) mass is 361 g/mol. The lowest BCUT2D eigenvalue weighted by Gasteiger charge is -2.18. The summed E-state index contributed by atoms with van der Waals surface area (Å²) in [6.07, 6.45) is 0.165. The van der Waals surface area contributed by atoms with Gasteiger partial charge in [0.1, 0.15) is 5.82 Å². The number of amides is 3. The molecule has 130 valence electrons. The second kappa shape index (κ2) is 7.11. The van der Waals surface area contributed by atoms with Gasteiger partial charge in [0.15, 0.2) is 0 Å². The first-order valence-corrected chi connectivity index (χ1v) is 8.20. The molecule has 25 heavy (non-hydrogen) atoms. The zero-order chi connectivity index (χ0) is 18.0. The van der Waals surface area contributed by atoms with Gasteiger partial charge in [-0.1, -0.05) is 23.7 Å². The van der Waals surface area contributed by atoms with Crippen LogP contribution in [0.4, 0.5) is 20.6 Å². The molecule has 1 fully saturated rings. The molecule has 5 nitrogen and oxygen atoms in total. The second-order valence-corrected chi connectivity index (χ2v) is 6.30. The molecule has 1 atom stereocenters. The molecule has 0 bridgehead atoms. The highest BCUT2D eigenvalue weighted by Crippen LogP contribution is 2.24. The van der Waals surface area contributed by atoms with Crippen molar-refractivity contribution in [2.75, 3.05) is 16.8 Å². The minimum atomic E-state index is -0.413. The van der Waals surface area contributed by atoms with Crippen LogP contribution >= 0.6 is 11.6 Å². The lowest BCUT2D eigenvalue weighted by atomic mass is 10.2. The van der Waals surface area contributed by atoms with Gasteiger partial charge < -0.3 is 15.5 Å². The predicted octanol–water partition coefficient (Wildman–Crippen LogP) is 3.71. The van der Waals surface area contributed by atoms with E-state index in [1.807, 2.05) is 6.92 Å². The summed E-state index contributed by atoms with van der Waals surface area (Å²) < 4.78 is 13.3. The maximum Gasteiger partial charge on any atom is 0.319 e. The van der Waals surface area contributed by atoms with Crippen molar-refractivity contribution in [3.05, 3.63) is 58.9 Å². The molecular formula is C18H17ClFN3O2. The van der Waals surface area contributed by atoms with Crippen LogP contribution in [-0.2, 0) is 4.79 Å². The second-order valence-electron chi connectivity index (χ2n) is 5.90. The van der Waals surface area contributed by atoms with E-state index in [-0.39, 0.29) is 18.4 Å². The van der Waals surface area contributed by atoms with E-state index in [4.69, 9.17) is 11.6 Å². The van der Waals surface area contributed by atoms with E-state index in [0.717, 1.165) is 5.56 Å². The van der Waals surface area contributed by atoms with Crippen molar-refractivity contribution in [2.45, 2.75) is 19.4 Å². The van der Waals surface area contributed by atoms with Crippen molar-refractivity contribution in [3.63, 3.8) is 0 Å². The predicted molar refractivity (Wildman–Crippen MR) is 95.5 cm³/mol. The Labute approximate surface area is 149 Å². The number of hydrogen-bond donors (Lipinski definition) is 2. The van der Waals surface area contributed by atoms with Crippen LogP contribution in [0.3, 0.4) is 0 Å². The molecular weight excluding hydrogens is 345 g/mol. The van der Waals surface area contributed by atoms with Crippen LogP contribution in [0.2, 0.25) is 5.02 Å². The molecule has 3 rings (SSSR count). The molecule has 0 radical (unpaired) electrons. The minimum Gasteiger partial charge on any atom is -0.333 e. The molecule has 0 aromatic heterocycles. The number of urea groups is 1. The number of nitrogens with one attached hydrogen (secondary N) is 2. The van der Waals surface area contributed by atoms with Crippen LogP contribution in [0.25, 0.3) is 0 Å². The summed E-state index contributed by atoms with van der Waals surface area (Å²) in [5.41, 5.74) is 1.86. The maximum atomic E-state index is 13.3. The van der Waals surface area contributed by atoms with Gasteiger partial charge in [-0.3, -0.25) is 4.79 Å². The van der Waals surface area contributed by atoms with Gasteiger partial charge in [0.05, 0.1) is 6.04 Å². The fourth-order valence-corrected chi connectivity index (χ4v) is 2.96. The number of nitrogens with zero attached hydrogens (tertiary/aromatic N) is 1. The van der Waals surface area contributed by atoms with Crippen LogP contribution in [0.5, 0.6) is 0 Å². The molecule has 1 saturated heterocycles.